The molecule has 0 aliphatic heterocycles. The topological polar surface area (TPSA) is 57.5 Å². The summed E-state index contributed by atoms with van der Waals surface area (Å²) in [4.78, 5) is 10.9. The lowest BCUT2D eigenvalue weighted by molar-refractivity contribution is 0.0697. The molecule has 0 saturated heterocycles. The molecule has 0 aromatic heterocycles. The molecule has 0 saturated carbocycles. The second-order valence-electron chi connectivity index (χ2n) is 3.26. The molecule has 0 bridgehead atoms. The van der Waals surface area contributed by atoms with Crippen LogP contribution in [0.15, 0.2) is 24.3 Å². The highest BCUT2D eigenvalue weighted by Gasteiger charge is 2.16. The number of phenols is 1. The van der Waals surface area contributed by atoms with Gasteiger partial charge < -0.3 is 10.2 Å². The third kappa shape index (κ3) is 1.68. The zero-order chi connectivity index (χ0) is 11.9. The Bertz CT molecular complexity index is 593. The Morgan fingerprint density at radius 2 is 1.88 bits per heavy atom. The van der Waals surface area contributed by atoms with Crippen molar-refractivity contribution in [1.29, 1.82) is 0 Å². The Kier molecular flexibility index (Phi) is 2.66. The monoisotopic (exact) mass is 256 g/mol. The third-order valence-electron chi connectivity index (χ3n) is 2.23. The van der Waals surface area contributed by atoms with E-state index in [4.69, 9.17) is 28.3 Å². The van der Waals surface area contributed by atoms with Gasteiger partial charge in [-0.3, -0.25) is 0 Å². The first-order chi connectivity index (χ1) is 7.50. The number of rotatable bonds is 1. The molecule has 0 heterocycles. The van der Waals surface area contributed by atoms with Crippen LogP contribution in [0.1, 0.15) is 10.4 Å². The van der Waals surface area contributed by atoms with Gasteiger partial charge in [0.05, 0.1) is 15.6 Å². The molecule has 82 valence electrons. The van der Waals surface area contributed by atoms with Crippen LogP contribution in [0.4, 0.5) is 0 Å². The number of halogens is 2. The van der Waals surface area contributed by atoms with Crippen LogP contribution in [0.2, 0.25) is 10.0 Å². The number of carboxylic acids is 1. The van der Waals surface area contributed by atoms with Crippen molar-refractivity contribution < 1.29 is 15.0 Å². The van der Waals surface area contributed by atoms with Gasteiger partial charge in [0, 0.05) is 5.39 Å². The van der Waals surface area contributed by atoms with E-state index in [0.717, 1.165) is 0 Å². The molecule has 2 rings (SSSR count). The van der Waals surface area contributed by atoms with Crippen molar-refractivity contribution in [3.8, 4) is 5.75 Å². The molecule has 2 aromatic rings. The van der Waals surface area contributed by atoms with E-state index in [1.807, 2.05) is 0 Å². The van der Waals surface area contributed by atoms with Crippen molar-refractivity contribution in [3.63, 3.8) is 0 Å². The maximum Gasteiger partial charge on any atom is 0.338 e. The lowest BCUT2D eigenvalue weighted by atomic mass is 10.1. The van der Waals surface area contributed by atoms with Gasteiger partial charge in [0.25, 0.3) is 0 Å². The minimum absolute atomic E-state index is 0.0515. The summed E-state index contributed by atoms with van der Waals surface area (Å²) in [6, 6.07) is 5.92. The van der Waals surface area contributed by atoms with E-state index in [2.05, 4.69) is 0 Å². The molecule has 3 nitrogen and oxygen atoms in total. The summed E-state index contributed by atoms with van der Waals surface area (Å²) in [5.74, 6) is -1.10. The predicted octanol–water partition coefficient (Wildman–Crippen LogP) is 3.55. The molecular weight excluding hydrogens is 251 g/mol. The molecule has 0 aliphatic rings. The Morgan fingerprint density at radius 3 is 2.50 bits per heavy atom. The van der Waals surface area contributed by atoms with Crippen molar-refractivity contribution >= 4 is 39.9 Å². The summed E-state index contributed by atoms with van der Waals surface area (Å²) in [6.07, 6.45) is 0. The number of aromatic hydroxyl groups is 1. The number of hydrogen-bond acceptors (Lipinski definition) is 2. The lowest BCUT2D eigenvalue weighted by Gasteiger charge is -2.07. The molecule has 2 aromatic carbocycles. The standard InChI is InChI=1S/C11H6Cl2O3/c12-8-4-5-3-6(14)1-2-7(5)10(13)9(8)11(15)16/h1-4,14H,(H,15,16). The van der Waals surface area contributed by atoms with Crippen molar-refractivity contribution in [1.82, 2.24) is 0 Å². The molecule has 0 fully saturated rings. The minimum Gasteiger partial charge on any atom is -0.508 e. The molecule has 0 radical (unpaired) electrons. The molecule has 2 N–H and O–H groups in total. The second-order valence-corrected chi connectivity index (χ2v) is 4.04. The number of fused-ring (bicyclic) bond motifs is 1. The third-order valence-corrected chi connectivity index (χ3v) is 2.92. The molecule has 0 amide bonds. The molecule has 0 spiro atoms. The molecule has 0 unspecified atom stereocenters. The maximum absolute atomic E-state index is 10.9. The summed E-state index contributed by atoms with van der Waals surface area (Å²) >= 11 is 11.8. The highest BCUT2D eigenvalue weighted by atomic mass is 35.5. The van der Waals surface area contributed by atoms with Crippen LogP contribution in [-0.2, 0) is 0 Å². The van der Waals surface area contributed by atoms with E-state index in [1.165, 1.54) is 18.2 Å². The fraction of sp³-hybridized carbons (Fsp3) is 0. The van der Waals surface area contributed by atoms with Crippen LogP contribution in [0.5, 0.6) is 5.75 Å². The zero-order valence-electron chi connectivity index (χ0n) is 7.87. The van der Waals surface area contributed by atoms with E-state index < -0.39 is 5.97 Å². The van der Waals surface area contributed by atoms with Gasteiger partial charge in [0.2, 0.25) is 0 Å². The van der Waals surface area contributed by atoms with Crippen LogP contribution in [0, 0.1) is 0 Å². The highest BCUT2D eigenvalue weighted by molar-refractivity contribution is 6.43. The number of carbonyl (C=O) groups is 1. The van der Waals surface area contributed by atoms with Crippen LogP contribution < -0.4 is 0 Å². The number of aromatic carboxylic acids is 1. The van der Waals surface area contributed by atoms with Crippen molar-refractivity contribution in [2.24, 2.45) is 0 Å². The van der Waals surface area contributed by atoms with E-state index in [0.29, 0.717) is 10.8 Å². The first-order valence-electron chi connectivity index (χ1n) is 4.34. The van der Waals surface area contributed by atoms with Crippen molar-refractivity contribution in [2.45, 2.75) is 0 Å². The zero-order valence-corrected chi connectivity index (χ0v) is 9.38. The first kappa shape index (κ1) is 11.0. The van der Waals surface area contributed by atoms with E-state index in [-0.39, 0.29) is 21.4 Å². The number of hydrogen-bond donors (Lipinski definition) is 2. The van der Waals surface area contributed by atoms with Crippen LogP contribution in [0.25, 0.3) is 10.8 Å². The van der Waals surface area contributed by atoms with Gasteiger partial charge in [-0.25, -0.2) is 4.79 Å². The van der Waals surface area contributed by atoms with Gasteiger partial charge in [0.15, 0.2) is 0 Å². The normalized spacial score (nSPS) is 10.6. The second kappa shape index (κ2) is 3.85. The number of phenolic OH excluding ortho intramolecular Hbond substituents is 1. The van der Waals surface area contributed by atoms with Gasteiger partial charge in [0.1, 0.15) is 5.75 Å². The largest absolute Gasteiger partial charge is 0.508 e. The fourth-order valence-corrected chi connectivity index (χ4v) is 2.21. The van der Waals surface area contributed by atoms with Crippen molar-refractivity contribution in [2.75, 3.05) is 0 Å². The average molecular weight is 257 g/mol. The summed E-state index contributed by atoms with van der Waals surface area (Å²) in [5, 5.41) is 19.5. The van der Waals surface area contributed by atoms with Gasteiger partial charge in [-0.2, -0.15) is 0 Å². The Labute approximate surface area is 101 Å². The molecule has 0 atom stereocenters. The summed E-state index contributed by atoms with van der Waals surface area (Å²) < 4.78 is 0. The van der Waals surface area contributed by atoms with Crippen LogP contribution in [-0.4, -0.2) is 16.2 Å². The Balaban J connectivity index is 2.89. The van der Waals surface area contributed by atoms with Gasteiger partial charge >= 0.3 is 5.97 Å². The van der Waals surface area contributed by atoms with Gasteiger partial charge in [-0.15, -0.1) is 0 Å². The fourth-order valence-electron chi connectivity index (χ4n) is 1.51. The first-order valence-corrected chi connectivity index (χ1v) is 5.10. The lowest BCUT2D eigenvalue weighted by Crippen LogP contribution is -1.99. The maximum atomic E-state index is 10.9. The van der Waals surface area contributed by atoms with E-state index in [9.17, 15) is 9.90 Å². The van der Waals surface area contributed by atoms with E-state index in [1.54, 1.807) is 6.07 Å². The van der Waals surface area contributed by atoms with E-state index >= 15 is 0 Å². The Morgan fingerprint density at radius 1 is 1.19 bits per heavy atom. The molecule has 5 heteroatoms. The highest BCUT2D eigenvalue weighted by Crippen LogP contribution is 2.34. The minimum atomic E-state index is -1.18. The predicted molar refractivity (Wildman–Crippen MR) is 62.6 cm³/mol. The number of benzene rings is 2. The summed E-state index contributed by atoms with van der Waals surface area (Å²) in [7, 11) is 0. The SMILES string of the molecule is O=C(O)c1c(Cl)cc2cc(O)ccc2c1Cl. The van der Waals surface area contributed by atoms with Crippen molar-refractivity contribution in [3.05, 3.63) is 39.9 Å². The van der Waals surface area contributed by atoms with Crippen LogP contribution in [0.3, 0.4) is 0 Å². The molecule has 0 aliphatic carbocycles. The summed E-state index contributed by atoms with van der Waals surface area (Å²) in [5.41, 5.74) is -0.124. The van der Waals surface area contributed by atoms with Gasteiger partial charge in [-0.1, -0.05) is 23.2 Å². The Hall–Kier alpha value is -1.45. The quantitative estimate of drug-likeness (QED) is 0.821. The van der Waals surface area contributed by atoms with Gasteiger partial charge in [-0.05, 0) is 29.7 Å². The summed E-state index contributed by atoms with van der Waals surface area (Å²) in [6.45, 7) is 0. The smallest absolute Gasteiger partial charge is 0.338 e. The number of carboxylic acid groups (broad SMARTS) is 1. The average Bonchev–Trinajstić information content (AvgIpc) is 2.15. The molecular formula is C11H6Cl2O3. The molecule has 16 heavy (non-hydrogen) atoms. The van der Waals surface area contributed by atoms with Crippen LogP contribution >= 0.6 is 23.2 Å².